The number of ether oxygens (including phenoxy) is 2. The molecule has 1 heterocycles. The van der Waals surface area contributed by atoms with E-state index < -0.39 is 0 Å². The number of aryl methyl sites for hydroxylation is 1. The fourth-order valence-electron chi connectivity index (χ4n) is 2.89. The molecule has 0 spiro atoms. The third kappa shape index (κ3) is 4.21. The van der Waals surface area contributed by atoms with Gasteiger partial charge in [-0.2, -0.15) is 0 Å². The van der Waals surface area contributed by atoms with Gasteiger partial charge in [0.2, 0.25) is 5.89 Å². The molecule has 0 aliphatic rings. The number of aromatic nitrogens is 1. The van der Waals surface area contributed by atoms with E-state index in [9.17, 15) is 4.79 Å². The largest absolute Gasteiger partial charge is 0.497 e. The average molecular weight is 388 g/mol. The van der Waals surface area contributed by atoms with Gasteiger partial charge in [0.1, 0.15) is 17.0 Å². The lowest BCUT2D eigenvalue weighted by Gasteiger charge is -2.11. The highest BCUT2D eigenvalue weighted by Crippen LogP contribution is 2.28. The van der Waals surface area contributed by atoms with Crippen molar-refractivity contribution < 1.29 is 18.7 Å². The molecule has 1 N–H and O–H groups in total. The van der Waals surface area contributed by atoms with Crippen molar-refractivity contribution in [3.8, 4) is 23.0 Å². The maximum Gasteiger partial charge on any atom is 0.262 e. The van der Waals surface area contributed by atoms with Crippen molar-refractivity contribution in [3.05, 3.63) is 72.3 Å². The first-order valence-electron chi connectivity index (χ1n) is 9.16. The van der Waals surface area contributed by atoms with Crippen molar-refractivity contribution >= 4 is 22.7 Å². The van der Waals surface area contributed by atoms with Gasteiger partial charge in [-0.05, 0) is 61.0 Å². The summed E-state index contributed by atoms with van der Waals surface area (Å²) in [6.45, 7) is 1.83. The molecule has 4 aromatic rings. The van der Waals surface area contributed by atoms with Crippen molar-refractivity contribution in [1.29, 1.82) is 0 Å². The average Bonchev–Trinajstić information content (AvgIpc) is 3.18. The lowest BCUT2D eigenvalue weighted by molar-refractivity contribution is -0.118. The number of para-hydroxylation sites is 2. The molecule has 1 amide bonds. The molecule has 29 heavy (non-hydrogen) atoms. The number of anilines is 1. The maximum absolute atomic E-state index is 12.3. The summed E-state index contributed by atoms with van der Waals surface area (Å²) in [5.41, 5.74) is 3.93. The van der Waals surface area contributed by atoms with Crippen molar-refractivity contribution in [2.45, 2.75) is 6.92 Å². The van der Waals surface area contributed by atoms with Gasteiger partial charge in [-0.25, -0.2) is 4.98 Å². The van der Waals surface area contributed by atoms with E-state index in [2.05, 4.69) is 10.3 Å². The minimum Gasteiger partial charge on any atom is -0.497 e. The van der Waals surface area contributed by atoms with Gasteiger partial charge in [0.25, 0.3) is 5.91 Å². The van der Waals surface area contributed by atoms with Gasteiger partial charge in [0, 0.05) is 11.3 Å². The monoisotopic (exact) mass is 388 g/mol. The minimum absolute atomic E-state index is 0.0983. The van der Waals surface area contributed by atoms with Crippen LogP contribution in [0.4, 0.5) is 5.69 Å². The Morgan fingerprint density at radius 2 is 1.79 bits per heavy atom. The zero-order valence-electron chi connectivity index (χ0n) is 16.1. The summed E-state index contributed by atoms with van der Waals surface area (Å²) >= 11 is 0. The Labute approximate surface area is 168 Å². The molecule has 0 bridgehead atoms. The van der Waals surface area contributed by atoms with Gasteiger partial charge in [-0.15, -0.1) is 0 Å². The first-order valence-corrected chi connectivity index (χ1v) is 9.16. The molecule has 6 nitrogen and oxygen atoms in total. The summed E-state index contributed by atoms with van der Waals surface area (Å²) < 4.78 is 16.5. The summed E-state index contributed by atoms with van der Waals surface area (Å²) in [7, 11) is 1.60. The molecule has 1 aromatic heterocycles. The predicted molar refractivity (Wildman–Crippen MR) is 111 cm³/mol. The van der Waals surface area contributed by atoms with Crippen LogP contribution in [0.2, 0.25) is 0 Å². The topological polar surface area (TPSA) is 73.6 Å². The standard InChI is InChI=1S/C23H20N2O4/c1-15-7-8-16(23-25-19-5-3-4-6-21(19)29-23)13-20(15)24-22(26)14-28-18-11-9-17(27-2)10-12-18/h3-13H,14H2,1-2H3,(H,24,26). The van der Waals surface area contributed by atoms with E-state index in [-0.39, 0.29) is 12.5 Å². The summed E-state index contributed by atoms with van der Waals surface area (Å²) in [4.78, 5) is 16.9. The number of methoxy groups -OCH3 is 1. The Morgan fingerprint density at radius 1 is 1.03 bits per heavy atom. The van der Waals surface area contributed by atoms with Crippen LogP contribution in [0.25, 0.3) is 22.6 Å². The second-order valence-electron chi connectivity index (χ2n) is 6.53. The Hall–Kier alpha value is -3.80. The number of nitrogens with one attached hydrogen (secondary N) is 1. The Kier molecular flexibility index (Phi) is 5.16. The van der Waals surface area contributed by atoms with Crippen LogP contribution >= 0.6 is 0 Å². The summed E-state index contributed by atoms with van der Waals surface area (Å²) in [5, 5.41) is 2.89. The van der Waals surface area contributed by atoms with Crippen LogP contribution < -0.4 is 14.8 Å². The molecule has 0 saturated heterocycles. The quantitative estimate of drug-likeness (QED) is 0.512. The number of rotatable bonds is 6. The van der Waals surface area contributed by atoms with Crippen molar-refractivity contribution in [3.63, 3.8) is 0 Å². The number of hydrogen-bond donors (Lipinski definition) is 1. The maximum atomic E-state index is 12.3. The molecule has 0 aliphatic heterocycles. The van der Waals surface area contributed by atoms with Crippen LogP contribution in [0.3, 0.4) is 0 Å². The van der Waals surface area contributed by atoms with Crippen molar-refractivity contribution in [1.82, 2.24) is 4.98 Å². The predicted octanol–water partition coefficient (Wildman–Crippen LogP) is 4.83. The molecule has 6 heteroatoms. The van der Waals surface area contributed by atoms with Gasteiger partial charge < -0.3 is 19.2 Å². The molecule has 0 unspecified atom stereocenters. The molecule has 0 radical (unpaired) electrons. The van der Waals surface area contributed by atoms with Gasteiger partial charge in [0.15, 0.2) is 12.2 Å². The number of oxazole rings is 1. The molecular weight excluding hydrogens is 368 g/mol. The SMILES string of the molecule is COc1ccc(OCC(=O)Nc2cc(-c3nc4ccccc4o3)ccc2C)cc1. The highest BCUT2D eigenvalue weighted by atomic mass is 16.5. The molecule has 4 rings (SSSR count). The van der Waals surface area contributed by atoms with Gasteiger partial charge >= 0.3 is 0 Å². The third-order valence-electron chi connectivity index (χ3n) is 4.48. The normalized spacial score (nSPS) is 10.7. The van der Waals surface area contributed by atoms with E-state index in [0.29, 0.717) is 17.3 Å². The minimum atomic E-state index is -0.251. The van der Waals surface area contributed by atoms with Crippen molar-refractivity contribution in [2.75, 3.05) is 19.0 Å². The fraction of sp³-hybridized carbons (Fsp3) is 0.130. The van der Waals surface area contributed by atoms with E-state index in [1.807, 2.05) is 49.4 Å². The molecule has 0 aliphatic carbocycles. The number of nitrogens with zero attached hydrogens (tertiary/aromatic N) is 1. The van der Waals surface area contributed by atoms with Gasteiger partial charge in [-0.1, -0.05) is 18.2 Å². The van der Waals surface area contributed by atoms with Crippen LogP contribution in [0.1, 0.15) is 5.56 Å². The van der Waals surface area contributed by atoms with E-state index >= 15 is 0 Å². The molecule has 3 aromatic carbocycles. The molecule has 0 atom stereocenters. The van der Waals surface area contributed by atoms with Gasteiger partial charge in [0.05, 0.1) is 7.11 Å². The number of fused-ring (bicyclic) bond motifs is 1. The van der Waals surface area contributed by atoms with E-state index in [4.69, 9.17) is 13.9 Å². The zero-order valence-corrected chi connectivity index (χ0v) is 16.1. The Bertz CT molecular complexity index is 1120. The Morgan fingerprint density at radius 3 is 2.55 bits per heavy atom. The first kappa shape index (κ1) is 18.6. The number of benzene rings is 3. The van der Waals surface area contributed by atoms with Crippen LogP contribution in [0.5, 0.6) is 11.5 Å². The molecule has 0 saturated carbocycles. The number of amides is 1. The second kappa shape index (κ2) is 8.06. The number of hydrogen-bond acceptors (Lipinski definition) is 5. The fourth-order valence-corrected chi connectivity index (χ4v) is 2.89. The number of carbonyl (C=O) groups is 1. The smallest absolute Gasteiger partial charge is 0.262 e. The van der Waals surface area contributed by atoms with Crippen molar-refractivity contribution in [2.24, 2.45) is 0 Å². The highest BCUT2D eigenvalue weighted by Gasteiger charge is 2.12. The first-order chi connectivity index (χ1) is 14.1. The van der Waals surface area contributed by atoms with Gasteiger partial charge in [-0.3, -0.25) is 4.79 Å². The highest BCUT2D eigenvalue weighted by molar-refractivity contribution is 5.93. The van der Waals surface area contributed by atoms with Crippen LogP contribution in [-0.2, 0) is 4.79 Å². The van der Waals surface area contributed by atoms with Crippen LogP contribution in [0, 0.1) is 6.92 Å². The molecule has 146 valence electrons. The number of carbonyl (C=O) groups excluding carboxylic acids is 1. The lowest BCUT2D eigenvalue weighted by atomic mass is 10.1. The van der Waals surface area contributed by atoms with E-state index in [1.165, 1.54) is 0 Å². The summed E-state index contributed by atoms with van der Waals surface area (Å²) in [6.07, 6.45) is 0. The molecular formula is C23H20N2O4. The Balaban J connectivity index is 1.46. The summed E-state index contributed by atoms with van der Waals surface area (Å²) in [5.74, 6) is 1.58. The van der Waals surface area contributed by atoms with E-state index in [1.54, 1.807) is 31.4 Å². The second-order valence-corrected chi connectivity index (χ2v) is 6.53. The zero-order chi connectivity index (χ0) is 20.2. The van der Waals surface area contributed by atoms with Crippen LogP contribution in [0.15, 0.2) is 71.1 Å². The third-order valence-corrected chi connectivity index (χ3v) is 4.48. The lowest BCUT2D eigenvalue weighted by Crippen LogP contribution is -2.20. The summed E-state index contributed by atoms with van der Waals surface area (Å²) in [6, 6.07) is 20.4. The molecule has 0 fully saturated rings. The van der Waals surface area contributed by atoms with Crippen LogP contribution in [-0.4, -0.2) is 24.6 Å². The van der Waals surface area contributed by atoms with E-state index in [0.717, 1.165) is 28.0 Å².